The Hall–Kier alpha value is -0.650. The van der Waals surface area contributed by atoms with Gasteiger partial charge in [-0.1, -0.05) is 6.92 Å². The molecule has 4 atom stereocenters. The predicted octanol–water partition coefficient (Wildman–Crippen LogP) is 0.728. The fourth-order valence-electron chi connectivity index (χ4n) is 2.80. The zero-order chi connectivity index (χ0) is 14.6. The summed E-state index contributed by atoms with van der Waals surface area (Å²) < 4.78 is 5.72. The molecule has 5 nitrogen and oxygen atoms in total. The van der Waals surface area contributed by atoms with Crippen molar-refractivity contribution in [1.29, 1.82) is 0 Å². The van der Waals surface area contributed by atoms with Gasteiger partial charge in [0.1, 0.15) is 0 Å². The van der Waals surface area contributed by atoms with Crippen LogP contribution in [0.4, 0.5) is 0 Å². The third kappa shape index (κ3) is 3.91. The molecular weight excluding hydrogens is 242 g/mol. The first-order valence-corrected chi connectivity index (χ1v) is 7.20. The van der Waals surface area contributed by atoms with E-state index in [1.165, 1.54) is 0 Å². The van der Waals surface area contributed by atoms with E-state index < -0.39 is 5.54 Å². The van der Waals surface area contributed by atoms with Crippen LogP contribution < -0.4 is 11.1 Å². The van der Waals surface area contributed by atoms with Gasteiger partial charge in [0, 0.05) is 18.6 Å². The van der Waals surface area contributed by atoms with Gasteiger partial charge in [0.05, 0.1) is 18.2 Å². The van der Waals surface area contributed by atoms with Crippen LogP contribution in [0.3, 0.4) is 0 Å². The molecule has 0 spiro atoms. The van der Waals surface area contributed by atoms with Gasteiger partial charge in [0.15, 0.2) is 0 Å². The summed E-state index contributed by atoms with van der Waals surface area (Å²) in [5.74, 6) is -0.295. The Bertz CT molecular complexity index is 311. The summed E-state index contributed by atoms with van der Waals surface area (Å²) in [4.78, 5) is 14.1. The Morgan fingerprint density at radius 1 is 1.63 bits per heavy atom. The number of nitrogens with one attached hydrogen (secondary N) is 1. The maximum Gasteiger partial charge on any atom is 0.237 e. The molecule has 0 aliphatic carbocycles. The Labute approximate surface area is 116 Å². The predicted molar refractivity (Wildman–Crippen MR) is 76.9 cm³/mol. The number of primary amides is 1. The van der Waals surface area contributed by atoms with Gasteiger partial charge in [0.2, 0.25) is 5.91 Å². The monoisotopic (exact) mass is 271 g/mol. The van der Waals surface area contributed by atoms with Crippen LogP contribution in [0.1, 0.15) is 40.5 Å². The second-order valence-electron chi connectivity index (χ2n) is 5.90. The summed E-state index contributed by atoms with van der Waals surface area (Å²) in [7, 11) is 1.79. The summed E-state index contributed by atoms with van der Waals surface area (Å²) in [5, 5.41) is 3.06. The molecule has 0 radical (unpaired) electrons. The molecule has 112 valence electrons. The normalized spacial score (nSPS) is 29.7. The van der Waals surface area contributed by atoms with Crippen molar-refractivity contribution in [2.24, 2.45) is 5.73 Å². The number of likely N-dealkylation sites (N-methyl/N-ethyl adjacent to an activating group) is 1. The molecular formula is C14H29N3O2. The van der Waals surface area contributed by atoms with Gasteiger partial charge in [0.25, 0.3) is 0 Å². The van der Waals surface area contributed by atoms with E-state index in [1.807, 2.05) is 6.92 Å². The van der Waals surface area contributed by atoms with E-state index in [0.717, 1.165) is 19.6 Å². The average Bonchev–Trinajstić information content (AvgIpc) is 2.38. The molecule has 1 rings (SSSR count). The first kappa shape index (κ1) is 16.4. The molecule has 3 N–H and O–H groups in total. The lowest BCUT2D eigenvalue weighted by Gasteiger charge is -2.44. The number of nitrogens with two attached hydrogens (primary N) is 1. The lowest BCUT2D eigenvalue weighted by Crippen LogP contribution is -2.58. The van der Waals surface area contributed by atoms with Crippen molar-refractivity contribution in [1.82, 2.24) is 10.2 Å². The zero-order valence-corrected chi connectivity index (χ0v) is 12.9. The molecule has 1 amide bonds. The van der Waals surface area contributed by atoms with E-state index in [1.54, 1.807) is 7.05 Å². The van der Waals surface area contributed by atoms with Gasteiger partial charge in [-0.15, -0.1) is 0 Å². The van der Waals surface area contributed by atoms with Crippen molar-refractivity contribution in [3.63, 3.8) is 0 Å². The maximum absolute atomic E-state index is 11.6. The van der Waals surface area contributed by atoms with Crippen molar-refractivity contribution in [2.45, 2.75) is 64.3 Å². The van der Waals surface area contributed by atoms with E-state index in [9.17, 15) is 4.79 Å². The topological polar surface area (TPSA) is 67.6 Å². The van der Waals surface area contributed by atoms with Crippen molar-refractivity contribution in [3.8, 4) is 0 Å². The molecule has 19 heavy (non-hydrogen) atoms. The maximum atomic E-state index is 11.6. The summed E-state index contributed by atoms with van der Waals surface area (Å²) >= 11 is 0. The smallest absolute Gasteiger partial charge is 0.237 e. The van der Waals surface area contributed by atoms with Crippen LogP contribution >= 0.6 is 0 Å². The van der Waals surface area contributed by atoms with Crippen molar-refractivity contribution in [3.05, 3.63) is 0 Å². The van der Waals surface area contributed by atoms with Crippen LogP contribution in [0.5, 0.6) is 0 Å². The fraction of sp³-hybridized carbons (Fsp3) is 0.929. The van der Waals surface area contributed by atoms with Crippen LogP contribution in [0, 0.1) is 0 Å². The lowest BCUT2D eigenvalue weighted by molar-refractivity contribution is -0.125. The minimum Gasteiger partial charge on any atom is -0.376 e. The second-order valence-corrected chi connectivity index (χ2v) is 5.90. The molecule has 0 bridgehead atoms. The Balaban J connectivity index is 2.74. The van der Waals surface area contributed by atoms with Crippen molar-refractivity contribution >= 4 is 5.91 Å². The van der Waals surface area contributed by atoms with Crippen molar-refractivity contribution < 1.29 is 9.53 Å². The van der Waals surface area contributed by atoms with E-state index in [-0.39, 0.29) is 12.0 Å². The molecule has 0 aromatic rings. The summed E-state index contributed by atoms with van der Waals surface area (Å²) in [6, 6.07) is 0.724. The minimum atomic E-state index is -0.654. The highest BCUT2D eigenvalue weighted by molar-refractivity contribution is 5.84. The zero-order valence-electron chi connectivity index (χ0n) is 12.9. The number of carbonyl (C=O) groups excluding carboxylic acids is 1. The molecule has 0 aromatic heterocycles. The molecule has 5 heteroatoms. The number of amides is 1. The standard InChI is InChI=1S/C14H29N3O2/c1-6-12-9-19-11(3)8-17(12)10(2)7-14(4,16-5)13(15)18/h10-12,16H,6-9H2,1-5H3,(H2,15,18). The van der Waals surface area contributed by atoms with Crippen molar-refractivity contribution in [2.75, 3.05) is 20.2 Å². The number of morpholine rings is 1. The minimum absolute atomic E-state index is 0.250. The first-order valence-electron chi connectivity index (χ1n) is 7.20. The third-order valence-corrected chi connectivity index (χ3v) is 4.35. The fourth-order valence-corrected chi connectivity index (χ4v) is 2.80. The van der Waals surface area contributed by atoms with Gasteiger partial charge in [-0.05, 0) is 40.7 Å². The SMILES string of the molecule is CCC1COC(C)CN1C(C)CC(C)(NC)C(N)=O. The van der Waals surface area contributed by atoms with E-state index >= 15 is 0 Å². The molecule has 0 aromatic carbocycles. The Morgan fingerprint density at radius 3 is 2.74 bits per heavy atom. The molecule has 1 heterocycles. The van der Waals surface area contributed by atoms with E-state index in [2.05, 4.69) is 31.0 Å². The number of nitrogens with zero attached hydrogens (tertiary/aromatic N) is 1. The Kier molecular flexibility index (Phi) is 5.77. The number of rotatable bonds is 6. The molecule has 1 aliphatic rings. The van der Waals surface area contributed by atoms with Crippen LogP contribution in [0.2, 0.25) is 0 Å². The summed E-state index contributed by atoms with van der Waals surface area (Å²) in [6.45, 7) is 10.00. The molecule has 1 aliphatic heterocycles. The highest BCUT2D eigenvalue weighted by atomic mass is 16.5. The quantitative estimate of drug-likeness (QED) is 0.747. The third-order valence-electron chi connectivity index (χ3n) is 4.35. The van der Waals surface area contributed by atoms with E-state index in [4.69, 9.17) is 10.5 Å². The molecule has 0 saturated carbocycles. The van der Waals surface area contributed by atoms with Gasteiger partial charge < -0.3 is 15.8 Å². The highest BCUT2D eigenvalue weighted by Crippen LogP contribution is 2.23. The summed E-state index contributed by atoms with van der Waals surface area (Å²) in [6.07, 6.45) is 2.02. The largest absolute Gasteiger partial charge is 0.376 e. The second kappa shape index (κ2) is 6.68. The first-order chi connectivity index (χ1) is 8.84. The Morgan fingerprint density at radius 2 is 2.26 bits per heavy atom. The average molecular weight is 271 g/mol. The van der Waals surface area contributed by atoms with E-state index in [0.29, 0.717) is 18.5 Å². The van der Waals surface area contributed by atoms with Gasteiger partial charge in [-0.3, -0.25) is 9.69 Å². The van der Waals surface area contributed by atoms with Crippen LogP contribution in [-0.4, -0.2) is 54.7 Å². The lowest BCUT2D eigenvalue weighted by atomic mass is 9.91. The highest BCUT2D eigenvalue weighted by Gasteiger charge is 2.36. The van der Waals surface area contributed by atoms with Gasteiger partial charge in [-0.2, -0.15) is 0 Å². The van der Waals surface area contributed by atoms with Crippen LogP contribution in [0.15, 0.2) is 0 Å². The van der Waals surface area contributed by atoms with Gasteiger partial charge >= 0.3 is 0 Å². The molecule has 1 fully saturated rings. The number of hydrogen-bond donors (Lipinski definition) is 2. The number of carbonyl (C=O) groups is 1. The number of hydrogen-bond acceptors (Lipinski definition) is 4. The molecule has 4 unspecified atom stereocenters. The van der Waals surface area contributed by atoms with Crippen LogP contribution in [-0.2, 0) is 9.53 Å². The van der Waals surface area contributed by atoms with Crippen LogP contribution in [0.25, 0.3) is 0 Å². The summed E-state index contributed by atoms with van der Waals surface area (Å²) in [5.41, 5.74) is 4.86. The van der Waals surface area contributed by atoms with Gasteiger partial charge in [-0.25, -0.2) is 0 Å². The number of ether oxygens (including phenoxy) is 1. The molecule has 1 saturated heterocycles.